The Hall–Kier alpha value is -1.13. The third kappa shape index (κ3) is 2.76. The number of nitrogens with zero attached hydrogens (tertiary/aromatic N) is 2. The van der Waals surface area contributed by atoms with Crippen molar-refractivity contribution in [1.29, 1.82) is 0 Å². The van der Waals surface area contributed by atoms with Crippen molar-refractivity contribution in [2.45, 2.75) is 32.4 Å². The van der Waals surface area contributed by atoms with Crippen LogP contribution in [0.3, 0.4) is 0 Å². The molecule has 0 radical (unpaired) electrons. The van der Waals surface area contributed by atoms with Crippen molar-refractivity contribution in [3.05, 3.63) is 23.9 Å². The van der Waals surface area contributed by atoms with Gasteiger partial charge < -0.3 is 15.4 Å². The van der Waals surface area contributed by atoms with Gasteiger partial charge in [0.2, 0.25) is 0 Å². The molecule has 2 atom stereocenters. The van der Waals surface area contributed by atoms with Crippen LogP contribution in [0.25, 0.3) is 0 Å². The number of hydrogen-bond donors (Lipinski definition) is 1. The summed E-state index contributed by atoms with van der Waals surface area (Å²) in [6.45, 7) is 6.66. The summed E-state index contributed by atoms with van der Waals surface area (Å²) in [5.74, 6) is 1.02. The SMILES string of the molecule is CCC1COCCN1c1cc([C@H](C)N)ccn1. The van der Waals surface area contributed by atoms with E-state index in [0.717, 1.165) is 37.6 Å². The van der Waals surface area contributed by atoms with Crippen LogP contribution in [-0.2, 0) is 4.74 Å². The van der Waals surface area contributed by atoms with E-state index in [0.29, 0.717) is 6.04 Å². The summed E-state index contributed by atoms with van der Waals surface area (Å²) >= 11 is 0. The van der Waals surface area contributed by atoms with Gasteiger partial charge in [-0.2, -0.15) is 0 Å². The number of nitrogens with two attached hydrogens (primary N) is 1. The molecule has 0 aromatic carbocycles. The monoisotopic (exact) mass is 235 g/mol. The van der Waals surface area contributed by atoms with Crippen LogP contribution in [0.4, 0.5) is 5.82 Å². The summed E-state index contributed by atoms with van der Waals surface area (Å²) < 4.78 is 5.51. The largest absolute Gasteiger partial charge is 0.377 e. The molecule has 0 saturated carbocycles. The van der Waals surface area contributed by atoms with Crippen LogP contribution < -0.4 is 10.6 Å². The maximum atomic E-state index is 5.91. The fourth-order valence-corrected chi connectivity index (χ4v) is 2.17. The van der Waals surface area contributed by atoms with Gasteiger partial charge in [-0.15, -0.1) is 0 Å². The Kier molecular flexibility index (Phi) is 3.97. The van der Waals surface area contributed by atoms with Crippen molar-refractivity contribution < 1.29 is 4.74 Å². The van der Waals surface area contributed by atoms with Crippen molar-refractivity contribution >= 4 is 5.82 Å². The average molecular weight is 235 g/mol. The van der Waals surface area contributed by atoms with Crippen LogP contribution in [0.15, 0.2) is 18.3 Å². The quantitative estimate of drug-likeness (QED) is 0.866. The van der Waals surface area contributed by atoms with Gasteiger partial charge in [0.15, 0.2) is 0 Å². The highest BCUT2D eigenvalue weighted by molar-refractivity contribution is 5.43. The standard InChI is InChI=1S/C13H21N3O/c1-3-12-9-17-7-6-16(12)13-8-11(10(2)14)4-5-15-13/h4-5,8,10,12H,3,6-7,9,14H2,1-2H3/t10-,12?/m0/s1. The molecule has 0 aliphatic carbocycles. The molecule has 2 rings (SSSR count). The lowest BCUT2D eigenvalue weighted by molar-refractivity contribution is 0.0925. The first-order chi connectivity index (χ1) is 8.22. The van der Waals surface area contributed by atoms with Gasteiger partial charge in [0.05, 0.1) is 19.3 Å². The zero-order valence-corrected chi connectivity index (χ0v) is 10.6. The Morgan fingerprint density at radius 1 is 1.65 bits per heavy atom. The van der Waals surface area contributed by atoms with E-state index in [9.17, 15) is 0 Å². The van der Waals surface area contributed by atoms with E-state index in [4.69, 9.17) is 10.5 Å². The predicted molar refractivity (Wildman–Crippen MR) is 69.1 cm³/mol. The molecule has 1 unspecified atom stereocenters. The lowest BCUT2D eigenvalue weighted by Crippen LogP contribution is -2.45. The second-order valence-electron chi connectivity index (χ2n) is 4.57. The highest BCUT2D eigenvalue weighted by atomic mass is 16.5. The van der Waals surface area contributed by atoms with E-state index < -0.39 is 0 Å². The normalized spacial score (nSPS) is 22.5. The second kappa shape index (κ2) is 5.47. The highest BCUT2D eigenvalue weighted by Gasteiger charge is 2.22. The van der Waals surface area contributed by atoms with Crippen LogP contribution >= 0.6 is 0 Å². The van der Waals surface area contributed by atoms with Gasteiger partial charge in [-0.3, -0.25) is 0 Å². The van der Waals surface area contributed by atoms with Crippen molar-refractivity contribution in [3.63, 3.8) is 0 Å². The van der Waals surface area contributed by atoms with E-state index in [1.165, 1.54) is 0 Å². The van der Waals surface area contributed by atoms with Crippen LogP contribution in [-0.4, -0.2) is 30.8 Å². The Labute approximate surface area is 103 Å². The Morgan fingerprint density at radius 2 is 2.47 bits per heavy atom. The fourth-order valence-electron chi connectivity index (χ4n) is 2.17. The third-order valence-electron chi connectivity index (χ3n) is 3.29. The van der Waals surface area contributed by atoms with Gasteiger partial charge in [0.1, 0.15) is 5.82 Å². The third-order valence-corrected chi connectivity index (χ3v) is 3.29. The van der Waals surface area contributed by atoms with Gasteiger partial charge >= 0.3 is 0 Å². The molecule has 0 bridgehead atoms. The summed E-state index contributed by atoms with van der Waals surface area (Å²) in [5.41, 5.74) is 7.04. The minimum Gasteiger partial charge on any atom is -0.377 e. The predicted octanol–water partition coefficient (Wildman–Crippen LogP) is 1.72. The minimum atomic E-state index is 0.0536. The molecule has 17 heavy (non-hydrogen) atoms. The molecule has 0 spiro atoms. The van der Waals surface area contributed by atoms with Crippen molar-refractivity contribution in [3.8, 4) is 0 Å². The van der Waals surface area contributed by atoms with Crippen LogP contribution in [0.1, 0.15) is 31.9 Å². The summed E-state index contributed by atoms with van der Waals surface area (Å²) in [6.07, 6.45) is 2.92. The molecule has 1 fully saturated rings. The maximum Gasteiger partial charge on any atom is 0.129 e. The van der Waals surface area contributed by atoms with E-state index in [-0.39, 0.29) is 6.04 Å². The first kappa shape index (κ1) is 12.3. The molecule has 1 aromatic heterocycles. The van der Waals surface area contributed by atoms with E-state index in [1.54, 1.807) is 0 Å². The molecule has 0 amide bonds. The Bertz CT molecular complexity index is 367. The number of pyridine rings is 1. The summed E-state index contributed by atoms with van der Waals surface area (Å²) in [4.78, 5) is 6.79. The Balaban J connectivity index is 2.22. The molecule has 2 N–H and O–H groups in total. The number of ether oxygens (including phenoxy) is 1. The zero-order valence-electron chi connectivity index (χ0n) is 10.6. The molecular formula is C13H21N3O. The molecule has 1 aliphatic rings. The maximum absolute atomic E-state index is 5.91. The van der Waals surface area contributed by atoms with Gasteiger partial charge in [0.25, 0.3) is 0 Å². The fraction of sp³-hybridized carbons (Fsp3) is 0.615. The summed E-state index contributed by atoms with van der Waals surface area (Å²) in [6, 6.07) is 4.56. The van der Waals surface area contributed by atoms with Crippen LogP contribution in [0.5, 0.6) is 0 Å². The van der Waals surface area contributed by atoms with Crippen molar-refractivity contribution in [2.75, 3.05) is 24.7 Å². The molecule has 1 aliphatic heterocycles. The van der Waals surface area contributed by atoms with Gasteiger partial charge in [-0.05, 0) is 31.0 Å². The molecule has 1 aromatic rings. The van der Waals surface area contributed by atoms with E-state index in [2.05, 4.69) is 22.9 Å². The molecule has 1 saturated heterocycles. The van der Waals surface area contributed by atoms with Gasteiger partial charge in [-0.1, -0.05) is 6.92 Å². The summed E-state index contributed by atoms with van der Waals surface area (Å²) in [5, 5.41) is 0. The van der Waals surface area contributed by atoms with Gasteiger partial charge in [-0.25, -0.2) is 4.98 Å². The lowest BCUT2D eigenvalue weighted by Gasteiger charge is -2.36. The van der Waals surface area contributed by atoms with E-state index in [1.807, 2.05) is 19.2 Å². The van der Waals surface area contributed by atoms with Gasteiger partial charge in [0, 0.05) is 18.8 Å². The highest BCUT2D eigenvalue weighted by Crippen LogP contribution is 2.21. The molecule has 2 heterocycles. The minimum absolute atomic E-state index is 0.0536. The molecular weight excluding hydrogens is 214 g/mol. The first-order valence-electron chi connectivity index (χ1n) is 6.28. The van der Waals surface area contributed by atoms with Crippen molar-refractivity contribution in [2.24, 2.45) is 5.73 Å². The van der Waals surface area contributed by atoms with Crippen molar-refractivity contribution in [1.82, 2.24) is 4.98 Å². The molecule has 4 nitrogen and oxygen atoms in total. The van der Waals surface area contributed by atoms with E-state index >= 15 is 0 Å². The molecule has 94 valence electrons. The number of anilines is 1. The van der Waals surface area contributed by atoms with Crippen LogP contribution in [0.2, 0.25) is 0 Å². The first-order valence-corrected chi connectivity index (χ1v) is 6.28. The number of rotatable bonds is 3. The number of hydrogen-bond acceptors (Lipinski definition) is 4. The number of morpholine rings is 1. The molecule has 4 heteroatoms. The smallest absolute Gasteiger partial charge is 0.129 e. The second-order valence-corrected chi connectivity index (χ2v) is 4.57. The number of aromatic nitrogens is 1. The van der Waals surface area contributed by atoms with Crippen LogP contribution in [0, 0.1) is 0 Å². The Morgan fingerprint density at radius 3 is 3.18 bits per heavy atom. The zero-order chi connectivity index (χ0) is 12.3. The average Bonchev–Trinajstić information content (AvgIpc) is 2.39. The lowest BCUT2D eigenvalue weighted by atomic mass is 10.1. The summed E-state index contributed by atoms with van der Waals surface area (Å²) in [7, 11) is 0. The topological polar surface area (TPSA) is 51.4 Å².